The molecule has 2 aliphatic heterocycles. The van der Waals surface area contributed by atoms with Gasteiger partial charge in [0.05, 0.1) is 16.8 Å². The van der Waals surface area contributed by atoms with Crippen molar-refractivity contribution in [2.24, 2.45) is 0 Å². The molecule has 5 heteroatoms. The first-order valence-electron chi connectivity index (χ1n) is 31.7. The summed E-state index contributed by atoms with van der Waals surface area (Å²) in [5.41, 5.74) is 29.2. The summed E-state index contributed by atoms with van der Waals surface area (Å²) in [6.07, 6.45) is 2.28. The molecule has 0 atom stereocenters. The quantitative estimate of drug-likeness (QED) is 0.160. The van der Waals surface area contributed by atoms with E-state index < -0.39 is 0 Å². The molecule has 0 unspecified atom stereocenters. The van der Waals surface area contributed by atoms with Gasteiger partial charge in [-0.3, -0.25) is 0 Å². The maximum Gasteiger partial charge on any atom is 0.252 e. The fourth-order valence-electron chi connectivity index (χ4n) is 15.6. The molecule has 10 aromatic rings. The number of nitrogens with zero attached hydrogens (tertiary/aromatic N) is 3. The highest BCUT2D eigenvalue weighted by molar-refractivity contribution is 7.00. The zero-order valence-corrected chi connectivity index (χ0v) is 54.4. The highest BCUT2D eigenvalue weighted by atomic mass is 16.3. The number of hydrogen-bond acceptors (Lipinski definition) is 4. The van der Waals surface area contributed by atoms with Gasteiger partial charge in [-0.1, -0.05) is 215 Å². The molecule has 9 aromatic carbocycles. The first-order valence-corrected chi connectivity index (χ1v) is 31.7. The molecular weight excluding hydrogens is 1040 g/mol. The highest BCUT2D eigenvalue weighted by Gasteiger charge is 2.49. The molecule has 0 amide bonds. The Balaban J connectivity index is 1.17. The summed E-state index contributed by atoms with van der Waals surface area (Å²) in [6, 6.07) is 66.5. The monoisotopic (exact) mass is 1130 g/mol. The van der Waals surface area contributed by atoms with Crippen molar-refractivity contribution in [2.75, 3.05) is 14.7 Å². The number of fused-ring (bicyclic) bond motifs is 10. The van der Waals surface area contributed by atoms with E-state index >= 15 is 0 Å². The number of rotatable bonds is 5. The van der Waals surface area contributed by atoms with Crippen LogP contribution >= 0.6 is 0 Å². The van der Waals surface area contributed by atoms with Crippen LogP contribution < -0.4 is 31.1 Å². The molecule has 0 fully saturated rings. The third-order valence-corrected chi connectivity index (χ3v) is 20.9. The van der Waals surface area contributed by atoms with Gasteiger partial charge in [-0.05, 0) is 192 Å². The third kappa shape index (κ3) is 8.43. The number of furan rings is 1. The summed E-state index contributed by atoms with van der Waals surface area (Å²) in [6.45, 7) is 43.0. The van der Waals surface area contributed by atoms with Crippen LogP contribution in [0.15, 0.2) is 174 Å². The topological polar surface area (TPSA) is 22.9 Å². The molecule has 0 radical (unpaired) electrons. The van der Waals surface area contributed by atoms with Crippen LogP contribution in [-0.2, 0) is 37.9 Å². The molecule has 0 bridgehead atoms. The lowest BCUT2D eigenvalue weighted by molar-refractivity contribution is 0.332. The second-order valence-corrected chi connectivity index (χ2v) is 31.4. The Morgan fingerprint density at radius 1 is 0.395 bits per heavy atom. The molecular formula is C81H86BN3O. The van der Waals surface area contributed by atoms with E-state index in [-0.39, 0.29) is 44.6 Å². The number of hydrogen-bond donors (Lipinski definition) is 0. The third-order valence-electron chi connectivity index (χ3n) is 20.9. The fourth-order valence-corrected chi connectivity index (χ4v) is 15.6. The van der Waals surface area contributed by atoms with E-state index in [1.807, 2.05) is 0 Å². The van der Waals surface area contributed by atoms with Gasteiger partial charge in [-0.25, -0.2) is 0 Å². The Bertz CT molecular complexity index is 4370. The molecule has 4 nitrogen and oxygen atoms in total. The van der Waals surface area contributed by atoms with Gasteiger partial charge in [0.15, 0.2) is 0 Å². The van der Waals surface area contributed by atoms with Crippen LogP contribution in [0.5, 0.6) is 0 Å². The number of anilines is 9. The largest absolute Gasteiger partial charge is 0.456 e. The fraction of sp³-hybridized carbons (Fsp3) is 0.333. The number of para-hydroxylation sites is 1. The van der Waals surface area contributed by atoms with Gasteiger partial charge >= 0.3 is 0 Å². The number of benzene rings is 9. The maximum absolute atomic E-state index is 6.83. The summed E-state index contributed by atoms with van der Waals surface area (Å²) >= 11 is 0. The molecule has 0 N–H and O–H groups in total. The van der Waals surface area contributed by atoms with Crippen molar-refractivity contribution in [1.82, 2.24) is 0 Å². The van der Waals surface area contributed by atoms with E-state index in [4.69, 9.17) is 4.42 Å². The first kappa shape index (κ1) is 56.1. The van der Waals surface area contributed by atoms with Crippen molar-refractivity contribution in [2.45, 2.75) is 175 Å². The molecule has 434 valence electrons. The average Bonchev–Trinajstić information content (AvgIpc) is 0.734. The van der Waals surface area contributed by atoms with Gasteiger partial charge in [0.1, 0.15) is 11.2 Å². The summed E-state index contributed by atoms with van der Waals surface area (Å²) in [4.78, 5) is 7.91. The Morgan fingerprint density at radius 2 is 0.872 bits per heavy atom. The standard InChI is InChI=1S/C81H86BN3O/c1-49-42-59-60(79(13,14)41-40-78(59,11)12)47-67(49)85-68-48-62-61(80(15,16)57-25-20-21-26-58(57)81(62,17)18)46-64(68)82-63-43-52(77(8,9)10)34-39-65(63)84(66-27-23-29-72-73(66)56-24-19-22-28-71(56)86-72)69-44-55(45-70(85)74(69)82)83(53-35-30-50(31-36-53)75(2,3)4)54-37-32-51(33-38-54)76(5,6)7/h19-39,42-48H,40-41H2,1-18H3. The summed E-state index contributed by atoms with van der Waals surface area (Å²) in [5, 5.41) is 2.22. The molecule has 3 heterocycles. The first-order chi connectivity index (χ1) is 40.4. The van der Waals surface area contributed by atoms with Crippen molar-refractivity contribution in [3.05, 3.63) is 225 Å². The van der Waals surface area contributed by atoms with Gasteiger partial charge < -0.3 is 19.1 Å². The van der Waals surface area contributed by atoms with Gasteiger partial charge in [-0.2, -0.15) is 0 Å². The minimum Gasteiger partial charge on any atom is -0.456 e. The molecule has 1 aromatic heterocycles. The summed E-state index contributed by atoms with van der Waals surface area (Å²) in [5.74, 6) is 0. The Labute approximate surface area is 513 Å². The van der Waals surface area contributed by atoms with E-state index in [9.17, 15) is 0 Å². The van der Waals surface area contributed by atoms with Crippen LogP contribution in [0.25, 0.3) is 21.9 Å². The van der Waals surface area contributed by atoms with Gasteiger partial charge in [0.2, 0.25) is 0 Å². The van der Waals surface area contributed by atoms with Gasteiger partial charge in [0.25, 0.3) is 6.71 Å². The lowest BCUT2D eigenvalue weighted by Crippen LogP contribution is -2.62. The molecule has 2 aliphatic carbocycles. The molecule has 0 spiro atoms. The number of aryl methyl sites for hydroxylation is 1. The predicted octanol–water partition coefficient (Wildman–Crippen LogP) is 20.7. The normalized spacial score (nSPS) is 16.9. The summed E-state index contributed by atoms with van der Waals surface area (Å²) in [7, 11) is 0. The Hall–Kier alpha value is -7.76. The Kier molecular flexibility index (Phi) is 12.1. The lowest BCUT2D eigenvalue weighted by Gasteiger charge is -2.49. The summed E-state index contributed by atoms with van der Waals surface area (Å²) < 4.78 is 6.83. The molecule has 0 saturated carbocycles. The van der Waals surface area contributed by atoms with Crippen LogP contribution in [-0.4, -0.2) is 6.71 Å². The molecule has 86 heavy (non-hydrogen) atoms. The molecule has 0 saturated heterocycles. The van der Waals surface area contributed by atoms with Gasteiger partial charge in [0, 0.05) is 56.0 Å². The zero-order valence-electron chi connectivity index (χ0n) is 54.4. The van der Waals surface area contributed by atoms with Crippen LogP contribution in [0.1, 0.15) is 186 Å². The van der Waals surface area contributed by atoms with E-state index in [1.165, 1.54) is 94.8 Å². The predicted molar refractivity (Wildman–Crippen MR) is 369 cm³/mol. The molecule has 14 rings (SSSR count). The van der Waals surface area contributed by atoms with Crippen molar-refractivity contribution in [3.63, 3.8) is 0 Å². The average molecular weight is 1130 g/mol. The van der Waals surface area contributed by atoms with Crippen molar-refractivity contribution in [3.8, 4) is 0 Å². The highest BCUT2D eigenvalue weighted by Crippen LogP contribution is 2.56. The lowest BCUT2D eigenvalue weighted by atomic mass is 9.33. The second-order valence-electron chi connectivity index (χ2n) is 31.4. The van der Waals surface area contributed by atoms with Crippen LogP contribution in [0.4, 0.5) is 51.2 Å². The van der Waals surface area contributed by atoms with E-state index in [2.05, 4.69) is 309 Å². The SMILES string of the molecule is Cc1cc2c(cc1N1c3cc4c(cc3B3c5cc(C(C)(C)C)ccc5N(c5cccc6oc7ccccc7c56)c5cc(N(c6ccc(C(C)(C)C)cc6)c6ccc(C(C)(C)C)cc6)cc1c53)C(C)(C)c1ccccc1C4(C)C)C(C)(C)CCC2(C)C. The van der Waals surface area contributed by atoms with Crippen molar-refractivity contribution in [1.29, 1.82) is 0 Å². The Morgan fingerprint density at radius 3 is 1.44 bits per heavy atom. The minimum atomic E-state index is -0.283. The van der Waals surface area contributed by atoms with Crippen molar-refractivity contribution < 1.29 is 4.42 Å². The van der Waals surface area contributed by atoms with E-state index in [0.717, 1.165) is 63.2 Å². The zero-order chi connectivity index (χ0) is 60.7. The van der Waals surface area contributed by atoms with Crippen molar-refractivity contribution >= 4 is 96.2 Å². The second kappa shape index (κ2) is 18.6. The molecule has 4 aliphatic rings. The van der Waals surface area contributed by atoms with Crippen LogP contribution in [0.2, 0.25) is 0 Å². The maximum atomic E-state index is 6.83. The smallest absolute Gasteiger partial charge is 0.252 e. The van der Waals surface area contributed by atoms with E-state index in [0.29, 0.717) is 0 Å². The van der Waals surface area contributed by atoms with E-state index in [1.54, 1.807) is 0 Å². The van der Waals surface area contributed by atoms with Crippen LogP contribution in [0, 0.1) is 6.92 Å². The van der Waals surface area contributed by atoms with Gasteiger partial charge in [-0.15, -0.1) is 0 Å². The van der Waals surface area contributed by atoms with Crippen LogP contribution in [0.3, 0.4) is 0 Å². The minimum absolute atomic E-state index is 0.0167.